The number of esters is 1. The molecule has 2 aromatic heterocycles. The summed E-state index contributed by atoms with van der Waals surface area (Å²) in [5.41, 5.74) is -5.08. The lowest BCUT2D eigenvalue weighted by Gasteiger charge is -2.61. The fourth-order valence-electron chi connectivity index (χ4n) is 8.99. The molecule has 3 aromatic rings. The van der Waals surface area contributed by atoms with Crippen LogP contribution in [0.25, 0.3) is 11.8 Å². The number of carboxylic acids is 1. The van der Waals surface area contributed by atoms with Crippen LogP contribution >= 0.6 is 0 Å². The minimum Gasteiger partial charge on any atom is -0.478 e. The number of aromatic nitrogens is 2. The van der Waals surface area contributed by atoms with Crippen molar-refractivity contribution in [3.63, 3.8) is 0 Å². The van der Waals surface area contributed by atoms with Gasteiger partial charge in [-0.05, 0) is 72.7 Å². The number of aliphatic hydroxyl groups is 1. The van der Waals surface area contributed by atoms with E-state index in [0.717, 1.165) is 5.69 Å². The molecule has 7 rings (SSSR count). The smallest absolute Gasteiger partial charge is 0.375 e. The minimum absolute atomic E-state index is 0.0862. The van der Waals surface area contributed by atoms with Crippen LogP contribution in [0.3, 0.4) is 0 Å². The van der Waals surface area contributed by atoms with Crippen LogP contribution in [0.4, 0.5) is 8.78 Å². The number of nitrogens with zero attached hydrogens (tertiary/aromatic N) is 2. The Morgan fingerprint density at radius 2 is 1.91 bits per heavy atom. The third kappa shape index (κ3) is 3.35. The van der Waals surface area contributed by atoms with Crippen LogP contribution < -0.4 is 0 Å². The van der Waals surface area contributed by atoms with Crippen LogP contribution in [0.5, 0.6) is 0 Å². The van der Waals surface area contributed by atoms with Gasteiger partial charge in [-0.2, -0.15) is 5.10 Å². The number of aliphatic hydroxyl groups excluding tert-OH is 1. The molecule has 2 heterocycles. The second kappa shape index (κ2) is 8.98. The van der Waals surface area contributed by atoms with E-state index in [2.05, 4.69) is 5.10 Å². The van der Waals surface area contributed by atoms with Gasteiger partial charge in [-0.1, -0.05) is 39.0 Å². The standard InChI is InChI=1S/C33H32F2N2O6/c1-18-12-21-22-13-24(34)23-14-25-19(17-36-37(25)20-8-5-4-6-9-20)15-30(23,2)32(22,35)27(38)16-31(21,3)33(18,29(40)41)43-28(39)26-10-7-11-42-26/h4-11,13-14,17-18,21-22,27,38H,12,15-16H2,1-3H3,(H,40,41)/t18-,21?,22?,27?,30+,31+,32+,33+/m1/s1. The van der Waals surface area contributed by atoms with Crippen LogP contribution in [-0.2, 0) is 16.0 Å². The summed E-state index contributed by atoms with van der Waals surface area (Å²) in [6, 6.07) is 12.2. The minimum atomic E-state index is -2.34. The third-order valence-corrected chi connectivity index (χ3v) is 11.0. The monoisotopic (exact) mass is 590 g/mol. The Hall–Kier alpha value is -4.05. The molecule has 4 aliphatic carbocycles. The number of carbonyl (C=O) groups is 2. The Morgan fingerprint density at radius 3 is 2.58 bits per heavy atom. The maximum Gasteiger partial charge on any atom is 0.375 e. The number of carbonyl (C=O) groups excluding carboxylic acids is 1. The van der Waals surface area contributed by atoms with E-state index >= 15 is 8.78 Å². The average molecular weight is 591 g/mol. The number of halogens is 2. The SMILES string of the molecule is C[C@@H]1CC2C3C=C(F)C4=Cc5c(cnn5-c5ccccc5)C[C@]4(C)[C@@]3(F)C(O)C[C@]2(C)[C@@]1(OC(=O)c1ccco1)C(=O)O. The van der Waals surface area contributed by atoms with E-state index in [0.29, 0.717) is 11.3 Å². The van der Waals surface area contributed by atoms with Crippen molar-refractivity contribution in [2.24, 2.45) is 28.6 Å². The fourth-order valence-corrected chi connectivity index (χ4v) is 8.99. The van der Waals surface area contributed by atoms with Gasteiger partial charge in [-0.15, -0.1) is 0 Å². The van der Waals surface area contributed by atoms with Gasteiger partial charge in [0.05, 0.1) is 29.9 Å². The zero-order chi connectivity index (χ0) is 30.5. The molecule has 2 saturated carbocycles. The van der Waals surface area contributed by atoms with E-state index in [1.165, 1.54) is 24.5 Å². The second-order valence-corrected chi connectivity index (χ2v) is 13.0. The van der Waals surface area contributed by atoms with Crippen molar-refractivity contribution < 1.29 is 37.7 Å². The summed E-state index contributed by atoms with van der Waals surface area (Å²) in [7, 11) is 0. The Morgan fingerprint density at radius 1 is 1.16 bits per heavy atom. The van der Waals surface area contributed by atoms with Crippen LogP contribution in [0, 0.1) is 28.6 Å². The van der Waals surface area contributed by atoms with Gasteiger partial charge in [0.15, 0.2) is 5.67 Å². The van der Waals surface area contributed by atoms with Gasteiger partial charge in [-0.3, -0.25) is 0 Å². The topological polar surface area (TPSA) is 115 Å². The molecular formula is C33H32F2N2O6. The summed E-state index contributed by atoms with van der Waals surface area (Å²) in [6.45, 7) is 4.88. The number of fused-ring (bicyclic) bond motifs is 6. The van der Waals surface area contributed by atoms with E-state index in [1.807, 2.05) is 30.3 Å². The number of aliphatic carboxylic acids is 1. The second-order valence-electron chi connectivity index (χ2n) is 13.0. The average Bonchev–Trinajstić information content (AvgIpc) is 3.69. The number of hydrogen-bond acceptors (Lipinski definition) is 6. The molecule has 1 aromatic carbocycles. The van der Waals surface area contributed by atoms with Crippen molar-refractivity contribution in [2.75, 3.05) is 0 Å². The Bertz CT molecular complexity index is 1700. The van der Waals surface area contributed by atoms with E-state index in [-0.39, 0.29) is 30.6 Å². The molecule has 0 aliphatic heterocycles. The molecule has 0 radical (unpaired) electrons. The van der Waals surface area contributed by atoms with Crippen molar-refractivity contribution in [3.8, 4) is 5.69 Å². The zero-order valence-corrected chi connectivity index (χ0v) is 24.0. The van der Waals surface area contributed by atoms with Crippen molar-refractivity contribution >= 4 is 18.0 Å². The van der Waals surface area contributed by atoms with Crippen LogP contribution in [-0.4, -0.2) is 49.3 Å². The van der Waals surface area contributed by atoms with Gasteiger partial charge in [0.25, 0.3) is 0 Å². The summed E-state index contributed by atoms with van der Waals surface area (Å²) in [4.78, 5) is 26.1. The van der Waals surface area contributed by atoms with Gasteiger partial charge in [0.2, 0.25) is 11.4 Å². The Kier molecular flexibility index (Phi) is 5.80. The maximum absolute atomic E-state index is 18.0. The van der Waals surface area contributed by atoms with E-state index in [9.17, 15) is 19.8 Å². The summed E-state index contributed by atoms with van der Waals surface area (Å²) in [5, 5.41) is 26.9. The molecule has 2 N–H and O–H groups in total. The van der Waals surface area contributed by atoms with Crippen LogP contribution in [0.2, 0.25) is 0 Å². The number of ether oxygens (including phenoxy) is 1. The third-order valence-electron chi connectivity index (χ3n) is 11.0. The number of alkyl halides is 1. The molecule has 0 amide bonds. The lowest BCUT2D eigenvalue weighted by atomic mass is 9.45. The highest BCUT2D eigenvalue weighted by Gasteiger charge is 2.78. The summed E-state index contributed by atoms with van der Waals surface area (Å²) >= 11 is 0. The summed E-state index contributed by atoms with van der Waals surface area (Å²) in [5.74, 6) is -5.85. The molecule has 2 fully saturated rings. The molecule has 8 atom stereocenters. The number of furan rings is 1. The lowest BCUT2D eigenvalue weighted by Crippen LogP contribution is -2.70. The number of carboxylic acid groups (broad SMARTS) is 1. The summed E-state index contributed by atoms with van der Waals surface area (Å²) in [6.07, 6.45) is 4.00. The Balaban J connectivity index is 1.34. The first kappa shape index (κ1) is 27.8. The van der Waals surface area contributed by atoms with Crippen LogP contribution in [0.1, 0.15) is 55.4 Å². The van der Waals surface area contributed by atoms with Gasteiger partial charge < -0.3 is 19.4 Å². The van der Waals surface area contributed by atoms with Gasteiger partial charge in [0, 0.05) is 22.7 Å². The largest absolute Gasteiger partial charge is 0.478 e. The fraction of sp³-hybridized carbons (Fsp3) is 0.424. The molecule has 4 aliphatic rings. The van der Waals surface area contributed by atoms with Crippen molar-refractivity contribution in [3.05, 3.63) is 89.4 Å². The van der Waals surface area contributed by atoms with E-state index in [4.69, 9.17) is 9.15 Å². The van der Waals surface area contributed by atoms with Gasteiger partial charge >= 0.3 is 11.9 Å². The highest BCUT2D eigenvalue weighted by Crippen LogP contribution is 2.71. The molecule has 224 valence electrons. The number of allylic oxidation sites excluding steroid dienone is 3. The quantitative estimate of drug-likeness (QED) is 0.374. The first-order chi connectivity index (χ1) is 20.4. The van der Waals surface area contributed by atoms with Crippen molar-refractivity contribution in [1.82, 2.24) is 9.78 Å². The molecular weight excluding hydrogens is 558 g/mol. The number of hydrogen-bond donors (Lipinski definition) is 2. The first-order valence-electron chi connectivity index (χ1n) is 14.5. The van der Waals surface area contributed by atoms with E-state index < -0.39 is 63.7 Å². The molecule has 0 bridgehead atoms. The predicted octanol–water partition coefficient (Wildman–Crippen LogP) is 5.71. The number of para-hydroxylation sites is 1. The predicted molar refractivity (Wildman–Crippen MR) is 150 cm³/mol. The Labute approximate surface area is 246 Å². The highest BCUT2D eigenvalue weighted by atomic mass is 19.1. The molecule has 0 saturated heterocycles. The highest BCUT2D eigenvalue weighted by molar-refractivity contribution is 5.91. The van der Waals surface area contributed by atoms with Gasteiger partial charge in [-0.25, -0.2) is 23.1 Å². The molecule has 0 spiro atoms. The summed E-state index contributed by atoms with van der Waals surface area (Å²) < 4.78 is 46.9. The van der Waals surface area contributed by atoms with Crippen molar-refractivity contribution in [2.45, 2.75) is 57.4 Å². The van der Waals surface area contributed by atoms with E-state index in [1.54, 1.807) is 37.7 Å². The molecule has 3 unspecified atom stereocenters. The molecule has 43 heavy (non-hydrogen) atoms. The molecule has 10 heteroatoms. The van der Waals surface area contributed by atoms with Gasteiger partial charge in [0.1, 0.15) is 5.83 Å². The maximum atomic E-state index is 18.0. The number of rotatable bonds is 4. The molecule has 8 nitrogen and oxygen atoms in total. The van der Waals surface area contributed by atoms with Crippen molar-refractivity contribution in [1.29, 1.82) is 0 Å². The lowest BCUT2D eigenvalue weighted by molar-refractivity contribution is -0.219. The zero-order valence-electron chi connectivity index (χ0n) is 24.0. The van der Waals surface area contributed by atoms with Crippen LogP contribution in [0.15, 0.2) is 76.8 Å². The normalized spacial score (nSPS) is 37.7. The first-order valence-corrected chi connectivity index (χ1v) is 14.5. The number of benzene rings is 1.